The largest absolute Gasteiger partial charge is 0.493 e. The number of hydrogen-bond acceptors (Lipinski definition) is 3. The molecule has 1 aliphatic carbocycles. The lowest BCUT2D eigenvalue weighted by Crippen LogP contribution is -2.32. The molecule has 0 atom stereocenters. The molecule has 1 fully saturated rings. The lowest BCUT2D eigenvalue weighted by molar-refractivity contribution is 0.0949. The molecule has 5 heteroatoms. The summed E-state index contributed by atoms with van der Waals surface area (Å²) in [4.78, 5) is 12.7. The third-order valence-electron chi connectivity index (χ3n) is 5.08. The second-order valence-electron chi connectivity index (χ2n) is 6.83. The Morgan fingerprint density at radius 2 is 1.93 bits per heavy atom. The molecular formula is C22H24FNO3. The van der Waals surface area contributed by atoms with Crippen LogP contribution in [0.3, 0.4) is 0 Å². The molecule has 0 aromatic heterocycles. The average molecular weight is 369 g/mol. The Kier molecular flexibility index (Phi) is 5.49. The summed E-state index contributed by atoms with van der Waals surface area (Å²) in [6.07, 6.45) is 4.28. The van der Waals surface area contributed by atoms with Crippen molar-refractivity contribution < 1.29 is 18.7 Å². The summed E-state index contributed by atoms with van der Waals surface area (Å²) in [5, 5.41) is 3.02. The van der Waals surface area contributed by atoms with Crippen molar-refractivity contribution in [3.63, 3.8) is 0 Å². The second-order valence-corrected chi connectivity index (χ2v) is 6.83. The molecule has 1 N–H and O–H groups in total. The number of methoxy groups -OCH3 is 2. The van der Waals surface area contributed by atoms with Gasteiger partial charge in [-0.05, 0) is 49.1 Å². The Morgan fingerprint density at radius 3 is 2.48 bits per heavy atom. The van der Waals surface area contributed by atoms with E-state index in [1.54, 1.807) is 44.6 Å². The van der Waals surface area contributed by atoms with Crippen molar-refractivity contribution in [1.29, 1.82) is 0 Å². The summed E-state index contributed by atoms with van der Waals surface area (Å²) >= 11 is 0. The van der Waals surface area contributed by atoms with Crippen LogP contribution >= 0.6 is 0 Å². The molecule has 1 amide bonds. The summed E-state index contributed by atoms with van der Waals surface area (Å²) in [7, 11) is 3.12. The normalized spacial score (nSPS) is 14.3. The van der Waals surface area contributed by atoms with Crippen LogP contribution in [0.5, 0.6) is 11.5 Å². The summed E-state index contributed by atoms with van der Waals surface area (Å²) in [5.74, 6) is 0.703. The van der Waals surface area contributed by atoms with E-state index in [1.807, 2.05) is 0 Å². The van der Waals surface area contributed by atoms with Gasteiger partial charge in [0, 0.05) is 23.1 Å². The van der Waals surface area contributed by atoms with E-state index in [9.17, 15) is 9.18 Å². The van der Waals surface area contributed by atoms with Crippen LogP contribution in [-0.2, 0) is 11.8 Å². The van der Waals surface area contributed by atoms with Crippen molar-refractivity contribution in [2.45, 2.75) is 24.7 Å². The van der Waals surface area contributed by atoms with Gasteiger partial charge in [0.2, 0.25) is 0 Å². The minimum absolute atomic E-state index is 0.0934. The van der Waals surface area contributed by atoms with Gasteiger partial charge in [-0.2, -0.15) is 0 Å². The van der Waals surface area contributed by atoms with Gasteiger partial charge < -0.3 is 14.8 Å². The SMILES string of the molecule is C=CCc1cc(C(=O)NCC2(c3ccc(F)cc3)CC2)cc(OC)c1OC. The molecule has 1 aliphatic rings. The van der Waals surface area contributed by atoms with Crippen molar-refractivity contribution in [2.24, 2.45) is 0 Å². The predicted octanol–water partition coefficient (Wildman–Crippen LogP) is 4.03. The maximum atomic E-state index is 13.2. The van der Waals surface area contributed by atoms with Crippen LogP contribution in [0.15, 0.2) is 49.1 Å². The maximum absolute atomic E-state index is 13.2. The highest BCUT2D eigenvalue weighted by molar-refractivity contribution is 5.95. The van der Waals surface area contributed by atoms with Crippen LogP contribution in [0.25, 0.3) is 0 Å². The van der Waals surface area contributed by atoms with E-state index in [0.717, 1.165) is 24.0 Å². The fourth-order valence-electron chi connectivity index (χ4n) is 3.35. The highest BCUT2D eigenvalue weighted by Crippen LogP contribution is 2.47. The van der Waals surface area contributed by atoms with Crippen molar-refractivity contribution >= 4 is 5.91 Å². The first-order valence-corrected chi connectivity index (χ1v) is 8.93. The fraction of sp³-hybridized carbons (Fsp3) is 0.318. The fourth-order valence-corrected chi connectivity index (χ4v) is 3.35. The molecule has 142 valence electrons. The number of hydrogen-bond donors (Lipinski definition) is 1. The Bertz CT molecular complexity index is 841. The smallest absolute Gasteiger partial charge is 0.251 e. The molecule has 0 unspecified atom stereocenters. The van der Waals surface area contributed by atoms with Gasteiger partial charge in [0.05, 0.1) is 14.2 Å². The molecule has 27 heavy (non-hydrogen) atoms. The second kappa shape index (κ2) is 7.82. The number of halogens is 1. The Balaban J connectivity index is 1.77. The van der Waals surface area contributed by atoms with Gasteiger partial charge in [-0.3, -0.25) is 4.79 Å². The van der Waals surface area contributed by atoms with Gasteiger partial charge in [0.15, 0.2) is 11.5 Å². The monoisotopic (exact) mass is 369 g/mol. The number of rotatable bonds is 8. The number of benzene rings is 2. The minimum atomic E-state index is -0.251. The number of carbonyl (C=O) groups is 1. The highest BCUT2D eigenvalue weighted by atomic mass is 19.1. The van der Waals surface area contributed by atoms with Crippen molar-refractivity contribution in [3.8, 4) is 11.5 Å². The number of allylic oxidation sites excluding steroid dienone is 1. The Labute approximate surface area is 159 Å². The molecule has 3 rings (SSSR count). The predicted molar refractivity (Wildman–Crippen MR) is 103 cm³/mol. The number of nitrogens with one attached hydrogen (secondary N) is 1. The standard InChI is InChI=1S/C22H24FNO3/c1-4-5-15-12-16(13-19(26-2)20(15)27-3)21(25)24-14-22(10-11-22)17-6-8-18(23)9-7-17/h4,6-9,12-13H,1,5,10-11,14H2,2-3H3,(H,24,25). The quantitative estimate of drug-likeness (QED) is 0.715. The third-order valence-corrected chi connectivity index (χ3v) is 5.08. The van der Waals surface area contributed by atoms with E-state index in [4.69, 9.17) is 9.47 Å². The lowest BCUT2D eigenvalue weighted by atomic mass is 9.95. The average Bonchev–Trinajstić information content (AvgIpc) is 3.47. The Morgan fingerprint density at radius 1 is 1.22 bits per heavy atom. The number of carbonyl (C=O) groups excluding carboxylic acids is 1. The third kappa shape index (κ3) is 3.97. The van der Waals surface area contributed by atoms with Gasteiger partial charge in [0.25, 0.3) is 5.91 Å². The van der Waals surface area contributed by atoms with Gasteiger partial charge in [-0.25, -0.2) is 4.39 Å². The van der Waals surface area contributed by atoms with Crippen LogP contribution in [0.1, 0.15) is 34.3 Å². The Hall–Kier alpha value is -2.82. The highest BCUT2D eigenvalue weighted by Gasteiger charge is 2.44. The van der Waals surface area contributed by atoms with Crippen LogP contribution in [-0.4, -0.2) is 26.7 Å². The summed E-state index contributed by atoms with van der Waals surface area (Å²) in [6, 6.07) is 10.0. The first-order chi connectivity index (χ1) is 13.0. The van der Waals surface area contributed by atoms with Gasteiger partial charge in [0.1, 0.15) is 5.82 Å². The van der Waals surface area contributed by atoms with Crippen molar-refractivity contribution in [2.75, 3.05) is 20.8 Å². The van der Waals surface area contributed by atoms with E-state index in [2.05, 4.69) is 11.9 Å². The van der Waals surface area contributed by atoms with Crippen molar-refractivity contribution in [3.05, 3.63) is 71.6 Å². The molecule has 0 spiro atoms. The molecule has 0 bridgehead atoms. The van der Waals surface area contributed by atoms with Crippen LogP contribution in [0, 0.1) is 5.82 Å². The minimum Gasteiger partial charge on any atom is -0.493 e. The maximum Gasteiger partial charge on any atom is 0.251 e. The molecule has 2 aromatic rings. The first kappa shape index (κ1) is 19.0. The van der Waals surface area contributed by atoms with E-state index in [0.29, 0.717) is 30.0 Å². The molecule has 2 aromatic carbocycles. The lowest BCUT2D eigenvalue weighted by Gasteiger charge is -2.18. The van der Waals surface area contributed by atoms with Crippen LogP contribution in [0.2, 0.25) is 0 Å². The van der Waals surface area contributed by atoms with Gasteiger partial charge >= 0.3 is 0 Å². The van der Waals surface area contributed by atoms with Crippen LogP contribution in [0.4, 0.5) is 4.39 Å². The van der Waals surface area contributed by atoms with E-state index < -0.39 is 0 Å². The summed E-state index contributed by atoms with van der Waals surface area (Å²) < 4.78 is 24.0. The molecule has 0 saturated heterocycles. The zero-order valence-electron chi connectivity index (χ0n) is 15.7. The molecule has 0 heterocycles. The number of ether oxygens (including phenoxy) is 2. The molecule has 0 aliphatic heterocycles. The van der Waals surface area contributed by atoms with Crippen LogP contribution < -0.4 is 14.8 Å². The molecule has 0 radical (unpaired) electrons. The zero-order chi connectivity index (χ0) is 19.4. The summed E-state index contributed by atoms with van der Waals surface area (Å²) in [5.41, 5.74) is 2.32. The van der Waals surface area contributed by atoms with E-state index in [1.165, 1.54) is 12.1 Å². The molecule has 1 saturated carbocycles. The van der Waals surface area contributed by atoms with E-state index in [-0.39, 0.29) is 17.1 Å². The topological polar surface area (TPSA) is 47.6 Å². The van der Waals surface area contributed by atoms with E-state index >= 15 is 0 Å². The van der Waals surface area contributed by atoms with Gasteiger partial charge in [-0.15, -0.1) is 6.58 Å². The summed E-state index contributed by atoms with van der Waals surface area (Å²) in [6.45, 7) is 4.27. The molecular weight excluding hydrogens is 345 g/mol. The van der Waals surface area contributed by atoms with Gasteiger partial charge in [-0.1, -0.05) is 18.2 Å². The zero-order valence-corrected chi connectivity index (χ0v) is 15.7. The molecule has 4 nitrogen and oxygen atoms in total. The van der Waals surface area contributed by atoms with Crippen molar-refractivity contribution in [1.82, 2.24) is 5.32 Å². The number of amides is 1. The first-order valence-electron chi connectivity index (χ1n) is 8.93.